The zero-order chi connectivity index (χ0) is 18.3. The van der Waals surface area contributed by atoms with E-state index in [1.165, 1.54) is 0 Å². The normalized spacial score (nSPS) is 11.6. The van der Waals surface area contributed by atoms with E-state index < -0.39 is 5.91 Å². The van der Waals surface area contributed by atoms with Gasteiger partial charge >= 0.3 is 5.91 Å². The molecular weight excluding hydrogens is 334 g/mol. The summed E-state index contributed by atoms with van der Waals surface area (Å²) in [7, 11) is 1.55. The largest absolute Gasteiger partial charge is 0.497 e. The van der Waals surface area contributed by atoms with Gasteiger partial charge in [0.1, 0.15) is 17.1 Å². The molecule has 8 nitrogen and oxygen atoms in total. The van der Waals surface area contributed by atoms with E-state index in [-0.39, 0.29) is 11.6 Å². The Balaban J connectivity index is 1.76. The van der Waals surface area contributed by atoms with Gasteiger partial charge in [-0.25, -0.2) is 4.98 Å². The highest BCUT2D eigenvalue weighted by atomic mass is 16.5. The summed E-state index contributed by atoms with van der Waals surface area (Å²) in [6, 6.07) is 10.7. The van der Waals surface area contributed by atoms with Crippen LogP contribution in [-0.4, -0.2) is 32.5 Å². The molecule has 4 rings (SSSR count). The lowest BCUT2D eigenvalue weighted by Gasteiger charge is -1.99. The fourth-order valence-electron chi connectivity index (χ4n) is 2.88. The van der Waals surface area contributed by atoms with Gasteiger partial charge in [-0.05, 0) is 37.3 Å². The Labute approximate surface area is 147 Å². The van der Waals surface area contributed by atoms with Crippen molar-refractivity contribution in [1.82, 2.24) is 14.4 Å². The Morgan fingerprint density at radius 2 is 2.15 bits per heavy atom. The van der Waals surface area contributed by atoms with E-state index in [0.717, 1.165) is 0 Å². The number of imidazole rings is 1. The summed E-state index contributed by atoms with van der Waals surface area (Å²) in [4.78, 5) is 19.7. The fraction of sp³-hybridized carbons (Fsp3) is 0.111. The number of nitrogens with zero attached hydrogens (tertiary/aromatic N) is 4. The van der Waals surface area contributed by atoms with Crippen molar-refractivity contribution in [2.45, 2.75) is 6.92 Å². The maximum atomic E-state index is 12.6. The lowest BCUT2D eigenvalue weighted by atomic mass is 10.2. The van der Waals surface area contributed by atoms with Crippen molar-refractivity contribution in [2.24, 2.45) is 10.2 Å². The summed E-state index contributed by atoms with van der Waals surface area (Å²) in [5.41, 5.74) is 2.39. The number of aromatic nitrogens is 3. The minimum atomic E-state index is -0.544. The van der Waals surface area contributed by atoms with Gasteiger partial charge in [-0.3, -0.25) is 9.20 Å². The van der Waals surface area contributed by atoms with Gasteiger partial charge < -0.3 is 14.8 Å². The van der Waals surface area contributed by atoms with Crippen LogP contribution in [0.4, 0.5) is 5.69 Å². The number of H-pyrrole nitrogens is 1. The van der Waals surface area contributed by atoms with Crippen molar-refractivity contribution >= 4 is 28.1 Å². The van der Waals surface area contributed by atoms with Crippen molar-refractivity contribution in [2.75, 3.05) is 7.11 Å². The smallest absolute Gasteiger partial charge is 0.314 e. The molecule has 0 radical (unpaired) electrons. The molecule has 2 N–H and O–H groups in total. The van der Waals surface area contributed by atoms with Crippen molar-refractivity contribution in [3.05, 3.63) is 54.0 Å². The van der Waals surface area contributed by atoms with Gasteiger partial charge in [0.2, 0.25) is 5.88 Å². The van der Waals surface area contributed by atoms with Crippen LogP contribution >= 0.6 is 0 Å². The van der Waals surface area contributed by atoms with Crippen molar-refractivity contribution in [3.8, 4) is 11.6 Å². The molecule has 0 aliphatic carbocycles. The van der Waals surface area contributed by atoms with Crippen LogP contribution in [0.25, 0.3) is 16.6 Å². The molecule has 0 spiro atoms. The Morgan fingerprint density at radius 3 is 2.96 bits per heavy atom. The molecule has 1 amide bonds. The van der Waals surface area contributed by atoms with Crippen LogP contribution in [0.2, 0.25) is 0 Å². The molecular formula is C18H15N5O3. The number of pyridine rings is 1. The summed E-state index contributed by atoms with van der Waals surface area (Å²) in [6.07, 6.45) is 1.74. The molecule has 3 aromatic heterocycles. The predicted molar refractivity (Wildman–Crippen MR) is 95.3 cm³/mol. The second kappa shape index (κ2) is 5.99. The van der Waals surface area contributed by atoms with Crippen LogP contribution in [0.3, 0.4) is 0 Å². The number of ether oxygens (including phenoxy) is 1. The van der Waals surface area contributed by atoms with Crippen molar-refractivity contribution in [3.63, 3.8) is 0 Å². The lowest BCUT2D eigenvalue weighted by Crippen LogP contribution is -2.01. The highest BCUT2D eigenvalue weighted by Gasteiger charge is 2.17. The number of rotatable bonds is 3. The SMILES string of the molecule is COc1ccc2[nH]c(O)c(N=NC(=O)c3c(C)nc4ccccn34)c2c1. The third-order valence-electron chi connectivity index (χ3n) is 4.11. The minimum Gasteiger partial charge on any atom is -0.497 e. The number of aromatic hydroxyl groups is 1. The maximum Gasteiger partial charge on any atom is 0.314 e. The van der Waals surface area contributed by atoms with Gasteiger partial charge in [-0.15, -0.1) is 10.2 Å². The third kappa shape index (κ3) is 2.48. The van der Waals surface area contributed by atoms with Crippen LogP contribution in [0.15, 0.2) is 52.8 Å². The lowest BCUT2D eigenvalue weighted by molar-refractivity contribution is 0.0989. The van der Waals surface area contributed by atoms with E-state index in [2.05, 4.69) is 20.2 Å². The van der Waals surface area contributed by atoms with Crippen LogP contribution < -0.4 is 4.74 Å². The van der Waals surface area contributed by atoms with Crippen molar-refractivity contribution < 1.29 is 14.6 Å². The predicted octanol–water partition coefficient (Wildman–Crippen LogP) is 3.76. The number of hydrogen-bond acceptors (Lipinski definition) is 5. The number of fused-ring (bicyclic) bond motifs is 2. The molecule has 0 aliphatic rings. The Hall–Kier alpha value is -3.68. The first-order chi connectivity index (χ1) is 12.6. The van der Waals surface area contributed by atoms with Gasteiger partial charge in [0.15, 0.2) is 5.69 Å². The van der Waals surface area contributed by atoms with Gasteiger partial charge in [0.05, 0.1) is 18.3 Å². The number of nitrogens with one attached hydrogen (secondary N) is 1. The Kier molecular flexibility index (Phi) is 3.65. The number of methoxy groups -OCH3 is 1. The highest BCUT2D eigenvalue weighted by Crippen LogP contribution is 2.37. The van der Waals surface area contributed by atoms with Gasteiger partial charge in [0, 0.05) is 11.6 Å². The summed E-state index contributed by atoms with van der Waals surface area (Å²) >= 11 is 0. The molecule has 0 bridgehead atoms. The van der Waals surface area contributed by atoms with E-state index in [0.29, 0.717) is 33.7 Å². The van der Waals surface area contributed by atoms with Crippen LogP contribution in [0.1, 0.15) is 16.2 Å². The van der Waals surface area contributed by atoms with Crippen LogP contribution in [0, 0.1) is 6.92 Å². The average Bonchev–Trinajstić information content (AvgIpc) is 3.14. The average molecular weight is 349 g/mol. The number of azo groups is 1. The summed E-state index contributed by atoms with van der Waals surface area (Å²) < 4.78 is 6.85. The quantitative estimate of drug-likeness (QED) is 0.549. The van der Waals surface area contributed by atoms with E-state index in [1.54, 1.807) is 55.0 Å². The number of carbonyl (C=O) groups excluding carboxylic acids is 1. The van der Waals surface area contributed by atoms with Crippen molar-refractivity contribution in [1.29, 1.82) is 0 Å². The maximum absolute atomic E-state index is 12.6. The number of hydrogen-bond donors (Lipinski definition) is 2. The standard InChI is InChI=1S/C18H15N5O3/c1-10-16(23-8-4-3-5-14(23)19-10)18(25)22-21-15-12-9-11(26-2)6-7-13(12)20-17(15)24/h3-9,20,24H,1-2H3. The fourth-order valence-corrected chi connectivity index (χ4v) is 2.88. The molecule has 0 unspecified atom stereocenters. The van der Waals surface area contributed by atoms with E-state index in [9.17, 15) is 9.90 Å². The van der Waals surface area contributed by atoms with Gasteiger partial charge in [-0.2, -0.15) is 0 Å². The molecule has 0 saturated heterocycles. The first-order valence-electron chi connectivity index (χ1n) is 7.87. The summed E-state index contributed by atoms with van der Waals surface area (Å²) in [5, 5.41) is 18.5. The Bertz CT molecular complexity index is 1170. The Morgan fingerprint density at radius 1 is 1.31 bits per heavy atom. The molecule has 0 saturated carbocycles. The molecule has 1 aromatic carbocycles. The van der Waals surface area contributed by atoms with Gasteiger partial charge in [0.25, 0.3) is 0 Å². The number of amides is 1. The second-order valence-corrected chi connectivity index (χ2v) is 5.71. The first kappa shape index (κ1) is 15.8. The third-order valence-corrected chi connectivity index (χ3v) is 4.11. The highest BCUT2D eigenvalue weighted by molar-refractivity contribution is 5.97. The second-order valence-electron chi connectivity index (χ2n) is 5.71. The zero-order valence-corrected chi connectivity index (χ0v) is 14.1. The molecule has 3 heterocycles. The van der Waals surface area contributed by atoms with Gasteiger partial charge in [-0.1, -0.05) is 6.07 Å². The van der Waals surface area contributed by atoms with E-state index >= 15 is 0 Å². The minimum absolute atomic E-state index is 0.167. The summed E-state index contributed by atoms with van der Waals surface area (Å²) in [6.45, 7) is 1.74. The number of carbonyl (C=O) groups is 1. The molecule has 130 valence electrons. The molecule has 0 atom stereocenters. The van der Waals surface area contributed by atoms with Crippen LogP contribution in [0.5, 0.6) is 11.6 Å². The van der Waals surface area contributed by atoms with E-state index in [4.69, 9.17) is 4.74 Å². The topological polar surface area (TPSA) is 104 Å². The monoisotopic (exact) mass is 349 g/mol. The zero-order valence-electron chi connectivity index (χ0n) is 14.1. The molecule has 0 aliphatic heterocycles. The summed E-state index contributed by atoms with van der Waals surface area (Å²) in [5.74, 6) is -0.102. The van der Waals surface area contributed by atoms with Crippen LogP contribution in [-0.2, 0) is 0 Å². The first-order valence-corrected chi connectivity index (χ1v) is 7.87. The van der Waals surface area contributed by atoms with E-state index in [1.807, 2.05) is 6.07 Å². The number of aromatic amines is 1. The number of benzene rings is 1. The number of aryl methyl sites for hydroxylation is 1. The molecule has 8 heteroatoms. The molecule has 4 aromatic rings. The molecule has 0 fully saturated rings. The molecule has 26 heavy (non-hydrogen) atoms.